The van der Waals surface area contributed by atoms with Crippen molar-refractivity contribution >= 4 is 33.8 Å². The second-order valence-corrected chi connectivity index (χ2v) is 12.4. The minimum Gasteiger partial charge on any atom is -0.496 e. The van der Waals surface area contributed by atoms with Gasteiger partial charge in [0.15, 0.2) is 0 Å². The number of allylic oxidation sites excluding steroid dienone is 3. The average molecular weight is 747 g/mol. The van der Waals surface area contributed by atoms with Gasteiger partial charge < -0.3 is 19.5 Å². The highest BCUT2D eigenvalue weighted by Crippen LogP contribution is 2.43. The Morgan fingerprint density at radius 3 is 2.40 bits per heavy atom. The number of aryl methyl sites for hydroxylation is 1. The summed E-state index contributed by atoms with van der Waals surface area (Å²) in [5.74, 6) is 0.123. The summed E-state index contributed by atoms with van der Waals surface area (Å²) >= 11 is 3.67. The van der Waals surface area contributed by atoms with Crippen LogP contribution in [0.5, 0.6) is 5.75 Å². The van der Waals surface area contributed by atoms with E-state index in [9.17, 15) is 41.0 Å². The monoisotopic (exact) mass is 745 g/mol. The Hall–Kier alpha value is -4.01. The van der Waals surface area contributed by atoms with E-state index >= 15 is 0 Å². The number of cyclic esters (lactones) is 1. The fourth-order valence-corrected chi connectivity index (χ4v) is 5.99. The number of ether oxygens (including phenoxy) is 2. The van der Waals surface area contributed by atoms with Crippen molar-refractivity contribution in [2.45, 2.75) is 71.1 Å². The predicted molar refractivity (Wildman–Crippen MR) is 170 cm³/mol. The lowest BCUT2D eigenvalue weighted by Crippen LogP contribution is -2.39. The number of anilines is 1. The normalized spacial score (nSPS) is 18.9. The van der Waals surface area contributed by atoms with Crippen molar-refractivity contribution in [3.8, 4) is 16.9 Å². The lowest BCUT2D eigenvalue weighted by Gasteiger charge is -2.34. The van der Waals surface area contributed by atoms with Gasteiger partial charge in [0.1, 0.15) is 17.7 Å². The van der Waals surface area contributed by atoms with Crippen molar-refractivity contribution in [3.05, 3.63) is 74.9 Å². The Balaban J connectivity index is 1.76. The molecule has 48 heavy (non-hydrogen) atoms. The van der Waals surface area contributed by atoms with E-state index in [0.29, 0.717) is 51.4 Å². The Kier molecular flexibility index (Phi) is 10.9. The molecule has 1 aromatic carbocycles. The molecule has 1 N–H and O–H groups in total. The van der Waals surface area contributed by atoms with Gasteiger partial charge in [-0.2, -0.15) is 26.3 Å². The smallest absolute Gasteiger partial charge is 0.416 e. The molecule has 1 amide bonds. The molecule has 0 unspecified atom stereocenters. The van der Waals surface area contributed by atoms with E-state index in [1.165, 1.54) is 18.9 Å². The molecule has 0 saturated carbocycles. The quantitative estimate of drug-likeness (QED) is 0.183. The van der Waals surface area contributed by atoms with Crippen molar-refractivity contribution in [1.82, 2.24) is 9.88 Å². The highest BCUT2D eigenvalue weighted by molar-refractivity contribution is 9.10. The highest BCUT2D eigenvalue weighted by atomic mass is 79.9. The molecule has 0 aliphatic carbocycles. The molecule has 0 radical (unpaired) electrons. The molecule has 4 rings (SSSR count). The summed E-state index contributed by atoms with van der Waals surface area (Å²) in [6.45, 7) is 8.88. The fourth-order valence-electron chi connectivity index (χ4n) is 5.46. The maximum atomic E-state index is 13.8. The van der Waals surface area contributed by atoms with Gasteiger partial charge >= 0.3 is 24.4 Å². The zero-order chi connectivity index (χ0) is 35.7. The minimum atomic E-state index is -5.14. The van der Waals surface area contributed by atoms with E-state index < -0.39 is 47.7 Å². The van der Waals surface area contributed by atoms with Crippen LogP contribution in [0.25, 0.3) is 11.1 Å². The molecule has 3 heterocycles. The maximum absolute atomic E-state index is 13.8. The van der Waals surface area contributed by atoms with Crippen LogP contribution in [0, 0.1) is 6.92 Å². The summed E-state index contributed by atoms with van der Waals surface area (Å²) in [4.78, 5) is 32.7. The number of aromatic nitrogens is 1. The van der Waals surface area contributed by atoms with Gasteiger partial charge in [-0.05, 0) is 90.5 Å². The Bertz CT molecular complexity index is 1670. The molecule has 2 aliphatic heterocycles. The van der Waals surface area contributed by atoms with Crippen LogP contribution in [-0.4, -0.2) is 71.8 Å². The first-order chi connectivity index (χ1) is 22.3. The molecule has 15 heteroatoms. The van der Waals surface area contributed by atoms with Crippen LogP contribution in [0.15, 0.2) is 58.1 Å². The number of nitrogens with zero attached hydrogens (tertiary/aromatic N) is 3. The lowest BCUT2D eigenvalue weighted by atomic mass is 9.94. The molecule has 2 aliphatic rings. The van der Waals surface area contributed by atoms with Gasteiger partial charge in [0, 0.05) is 36.2 Å². The number of alkyl halides is 6. The molecule has 1 aromatic heterocycles. The number of aliphatic carboxylic acids is 1. The number of amides is 1. The number of carboxylic acid groups (broad SMARTS) is 1. The number of hydrogen-bond acceptors (Lipinski definition) is 6. The van der Waals surface area contributed by atoms with E-state index in [1.807, 2.05) is 11.8 Å². The molecule has 2 atom stereocenters. The predicted octanol–water partition coefficient (Wildman–Crippen LogP) is 8.32. The number of rotatable bonds is 11. The van der Waals surface area contributed by atoms with Gasteiger partial charge in [-0.25, -0.2) is 9.78 Å². The second kappa shape index (κ2) is 14.2. The Labute approximate surface area is 281 Å². The molecule has 8 nitrogen and oxygen atoms in total. The molecule has 260 valence electrons. The molecular weight excluding hydrogens is 712 g/mol. The first kappa shape index (κ1) is 36.8. The summed E-state index contributed by atoms with van der Waals surface area (Å²) in [6, 6.07) is 4.36. The van der Waals surface area contributed by atoms with Gasteiger partial charge in [0.2, 0.25) is 0 Å². The van der Waals surface area contributed by atoms with Crippen molar-refractivity contribution in [2.75, 3.05) is 25.1 Å². The molecule has 0 spiro atoms. The standard InChI is InChI=1S/C33H34BrF6N3O5/c1-17(13-22(33(38,39)40)14-18(2)32(35,36)37)29-20(4)43(31(46)48-29)16-24-27(19(3)28(34)30(41-24)42-11-6-12-42)23-15-21(8-10-26(44)45)7-9-25(23)47-5/h7,9,13-15,20,29H,1,6,8,10-12,16H2,2-5H3,(H,44,45)/b18-14+,22-13+/t20-,29+/m0/s1. The van der Waals surface area contributed by atoms with E-state index in [1.54, 1.807) is 18.2 Å². The first-order valence-corrected chi connectivity index (χ1v) is 15.7. The minimum absolute atomic E-state index is 0.0134. The van der Waals surface area contributed by atoms with Gasteiger partial charge in [-0.15, -0.1) is 0 Å². The van der Waals surface area contributed by atoms with Crippen molar-refractivity contribution in [2.24, 2.45) is 0 Å². The summed E-state index contributed by atoms with van der Waals surface area (Å²) < 4.78 is 92.2. The number of benzene rings is 1. The van der Waals surface area contributed by atoms with E-state index in [4.69, 9.17) is 14.5 Å². The van der Waals surface area contributed by atoms with Gasteiger partial charge in [0.05, 0.1) is 35.4 Å². The third kappa shape index (κ3) is 7.99. The maximum Gasteiger partial charge on any atom is 0.416 e. The third-order valence-corrected chi connectivity index (χ3v) is 9.26. The van der Waals surface area contributed by atoms with Gasteiger partial charge in [0.25, 0.3) is 0 Å². The van der Waals surface area contributed by atoms with Gasteiger partial charge in [-0.1, -0.05) is 12.6 Å². The van der Waals surface area contributed by atoms with E-state index in [-0.39, 0.29) is 31.0 Å². The van der Waals surface area contributed by atoms with Crippen LogP contribution >= 0.6 is 15.9 Å². The number of carbonyl (C=O) groups excluding carboxylic acids is 1. The number of methoxy groups -OCH3 is 1. The largest absolute Gasteiger partial charge is 0.496 e. The number of pyridine rings is 1. The first-order valence-electron chi connectivity index (χ1n) is 14.9. The Morgan fingerprint density at radius 2 is 1.85 bits per heavy atom. The molecule has 2 aromatic rings. The van der Waals surface area contributed by atoms with Crippen LogP contribution in [0.1, 0.15) is 43.5 Å². The lowest BCUT2D eigenvalue weighted by molar-refractivity contribution is -0.137. The zero-order valence-electron chi connectivity index (χ0n) is 26.6. The SMILES string of the molecule is C=C(/C=C(\C=C(/C)C(F)(F)F)C(F)(F)F)[C@H]1OC(=O)N(Cc2nc(N3CCC3)c(Br)c(C)c2-c2cc(CCC(=O)O)ccc2OC)[C@H]1C. The number of carbonyl (C=O) groups is 2. The summed E-state index contributed by atoms with van der Waals surface area (Å²) in [5.41, 5.74) is -0.332. The topological polar surface area (TPSA) is 92.2 Å². The number of halogens is 7. The summed E-state index contributed by atoms with van der Waals surface area (Å²) in [7, 11) is 1.48. The van der Waals surface area contributed by atoms with Crippen LogP contribution in [0.4, 0.5) is 37.0 Å². The molecular formula is C33H34BrF6N3O5. The second-order valence-electron chi connectivity index (χ2n) is 11.6. The van der Waals surface area contributed by atoms with Crippen molar-refractivity contribution < 1.29 is 50.5 Å². The summed E-state index contributed by atoms with van der Waals surface area (Å²) in [6.07, 6.45) is -10.8. The van der Waals surface area contributed by atoms with Crippen LogP contribution in [-0.2, 0) is 22.5 Å². The summed E-state index contributed by atoms with van der Waals surface area (Å²) in [5, 5.41) is 9.22. The molecule has 2 fully saturated rings. The molecule has 0 bridgehead atoms. The number of hydrogen-bond donors (Lipinski definition) is 1. The molecule has 2 saturated heterocycles. The zero-order valence-corrected chi connectivity index (χ0v) is 28.1. The van der Waals surface area contributed by atoms with E-state index in [2.05, 4.69) is 22.5 Å². The van der Waals surface area contributed by atoms with Crippen LogP contribution < -0.4 is 9.64 Å². The fraction of sp³-hybridized carbons (Fsp3) is 0.424. The van der Waals surface area contributed by atoms with Crippen LogP contribution in [0.3, 0.4) is 0 Å². The Morgan fingerprint density at radius 1 is 1.19 bits per heavy atom. The van der Waals surface area contributed by atoms with Crippen LogP contribution in [0.2, 0.25) is 0 Å². The van der Waals surface area contributed by atoms with Gasteiger partial charge in [-0.3, -0.25) is 9.69 Å². The average Bonchev–Trinajstić information content (AvgIpc) is 3.24. The van der Waals surface area contributed by atoms with Crippen molar-refractivity contribution in [3.63, 3.8) is 0 Å². The highest BCUT2D eigenvalue weighted by Gasteiger charge is 2.42. The third-order valence-electron chi connectivity index (χ3n) is 8.31. The van der Waals surface area contributed by atoms with E-state index in [0.717, 1.165) is 25.1 Å². The van der Waals surface area contributed by atoms with Crippen molar-refractivity contribution in [1.29, 1.82) is 0 Å². The number of carboxylic acids is 1.